The fourth-order valence-corrected chi connectivity index (χ4v) is 7.93. The molecule has 1 aliphatic rings. The van der Waals surface area contributed by atoms with Crippen molar-refractivity contribution in [2.75, 3.05) is 34.9 Å². The van der Waals surface area contributed by atoms with Gasteiger partial charge in [0.15, 0.2) is 0 Å². The Morgan fingerprint density at radius 3 is 2.00 bits per heavy atom. The zero-order valence-electron chi connectivity index (χ0n) is 35.7. The minimum absolute atomic E-state index is 0.0197. The van der Waals surface area contributed by atoms with Crippen molar-refractivity contribution >= 4 is 23.6 Å². The lowest BCUT2D eigenvalue weighted by molar-refractivity contribution is -0.148. The highest BCUT2D eigenvalue weighted by molar-refractivity contribution is 5.90. The molecule has 1 heterocycles. The fraction of sp³-hybridized carbons (Fsp3) is 0.762. The molecule has 4 amide bonds. The molecule has 0 spiro atoms. The Kier molecular flexibility index (Phi) is 19.1. The van der Waals surface area contributed by atoms with Crippen molar-refractivity contribution in [3.63, 3.8) is 0 Å². The number of carbonyl (C=O) groups excluding carboxylic acids is 4. The van der Waals surface area contributed by atoms with E-state index in [4.69, 9.17) is 9.47 Å². The van der Waals surface area contributed by atoms with Crippen LogP contribution in [0, 0.1) is 23.7 Å². The highest BCUT2D eigenvalue weighted by atomic mass is 16.5. The topological polar surface area (TPSA) is 141 Å². The van der Waals surface area contributed by atoms with Crippen LogP contribution in [0.4, 0.5) is 0 Å². The zero-order chi connectivity index (χ0) is 41.0. The zero-order valence-corrected chi connectivity index (χ0v) is 35.7. The molecule has 12 heteroatoms. The number of nitrogens with one attached hydrogen (secondary N) is 2. The van der Waals surface area contributed by atoms with Crippen LogP contribution in [-0.2, 0) is 28.7 Å². The Morgan fingerprint density at radius 1 is 0.889 bits per heavy atom. The molecular weight excluding hydrogens is 686 g/mol. The van der Waals surface area contributed by atoms with Gasteiger partial charge in [-0.2, -0.15) is 0 Å². The molecule has 1 aromatic carbocycles. The second kappa shape index (κ2) is 21.9. The van der Waals surface area contributed by atoms with Crippen molar-refractivity contribution in [2.24, 2.45) is 23.7 Å². The van der Waals surface area contributed by atoms with Gasteiger partial charge in [-0.1, -0.05) is 85.2 Å². The average molecular weight is 760 g/mol. The first-order valence-electron chi connectivity index (χ1n) is 20.0. The lowest BCUT2D eigenvalue weighted by atomic mass is 9.89. The largest absolute Gasteiger partial charge is 0.386 e. The lowest BCUT2D eigenvalue weighted by Gasteiger charge is -2.41. The number of benzene rings is 1. The molecule has 0 unspecified atom stereocenters. The van der Waals surface area contributed by atoms with E-state index in [9.17, 15) is 24.3 Å². The number of carbonyl (C=O) groups is 4. The number of aliphatic hydroxyl groups excluding tert-OH is 1. The number of rotatable bonds is 21. The van der Waals surface area contributed by atoms with E-state index < -0.39 is 48.4 Å². The van der Waals surface area contributed by atoms with Crippen molar-refractivity contribution in [2.45, 2.75) is 149 Å². The number of amides is 4. The summed E-state index contributed by atoms with van der Waals surface area (Å²) in [7, 11) is 6.80. The molecule has 0 aliphatic carbocycles. The van der Waals surface area contributed by atoms with Crippen LogP contribution in [0.5, 0.6) is 0 Å². The van der Waals surface area contributed by atoms with Gasteiger partial charge in [-0.3, -0.25) is 24.1 Å². The minimum atomic E-state index is -0.877. The molecule has 1 saturated heterocycles. The van der Waals surface area contributed by atoms with Gasteiger partial charge in [0.25, 0.3) is 0 Å². The van der Waals surface area contributed by atoms with Gasteiger partial charge in [0, 0.05) is 33.9 Å². The first kappa shape index (κ1) is 47.1. The second-order valence-electron chi connectivity index (χ2n) is 16.4. The first-order chi connectivity index (χ1) is 25.3. The van der Waals surface area contributed by atoms with Crippen LogP contribution in [0.2, 0.25) is 0 Å². The average Bonchev–Trinajstić information content (AvgIpc) is 3.62. The maximum Gasteiger partial charge on any atom is 0.245 e. The number of ether oxygens (including phenoxy) is 2. The van der Waals surface area contributed by atoms with E-state index in [-0.39, 0.29) is 59.9 Å². The van der Waals surface area contributed by atoms with Gasteiger partial charge < -0.3 is 35.0 Å². The predicted octanol–water partition coefficient (Wildman–Crippen LogP) is 4.65. The van der Waals surface area contributed by atoms with Gasteiger partial charge in [-0.25, -0.2) is 0 Å². The third-order valence-electron chi connectivity index (χ3n) is 11.6. The number of likely N-dealkylation sites (N-methyl/N-ethyl adjacent to an activating group) is 2. The van der Waals surface area contributed by atoms with E-state index in [1.165, 1.54) is 0 Å². The molecule has 0 bridgehead atoms. The van der Waals surface area contributed by atoms with Crippen LogP contribution in [-0.4, -0.2) is 127 Å². The summed E-state index contributed by atoms with van der Waals surface area (Å²) < 4.78 is 12.0. The molecule has 1 aliphatic heterocycles. The molecule has 10 atom stereocenters. The smallest absolute Gasteiger partial charge is 0.245 e. The molecule has 2 rings (SSSR count). The Hall–Kier alpha value is -3.06. The first-order valence-corrected chi connectivity index (χ1v) is 20.0. The van der Waals surface area contributed by atoms with Crippen molar-refractivity contribution in [1.29, 1.82) is 0 Å². The van der Waals surface area contributed by atoms with E-state index >= 15 is 0 Å². The second-order valence-corrected chi connectivity index (χ2v) is 16.4. The normalized spacial score (nSPS) is 19.9. The molecule has 0 aromatic heterocycles. The van der Waals surface area contributed by atoms with Crippen LogP contribution < -0.4 is 10.6 Å². The van der Waals surface area contributed by atoms with Gasteiger partial charge in [0.1, 0.15) is 6.04 Å². The summed E-state index contributed by atoms with van der Waals surface area (Å²) in [4.78, 5) is 61.3. The lowest BCUT2D eigenvalue weighted by Crippen LogP contribution is -2.60. The molecule has 0 saturated carbocycles. The number of methoxy groups -OCH3 is 2. The summed E-state index contributed by atoms with van der Waals surface area (Å²) in [5.74, 6) is -1.57. The van der Waals surface area contributed by atoms with E-state index in [0.29, 0.717) is 18.5 Å². The Bertz CT molecular complexity index is 1330. The van der Waals surface area contributed by atoms with E-state index in [1.807, 2.05) is 90.7 Å². The van der Waals surface area contributed by atoms with Gasteiger partial charge in [0.2, 0.25) is 23.6 Å². The highest BCUT2D eigenvalue weighted by Gasteiger charge is 2.43. The molecule has 1 aromatic rings. The predicted molar refractivity (Wildman–Crippen MR) is 213 cm³/mol. The molecule has 3 N–H and O–H groups in total. The van der Waals surface area contributed by atoms with E-state index in [0.717, 1.165) is 12.8 Å². The fourth-order valence-electron chi connectivity index (χ4n) is 7.93. The third kappa shape index (κ3) is 12.0. The third-order valence-corrected chi connectivity index (χ3v) is 11.6. The quantitative estimate of drug-likeness (QED) is 0.165. The van der Waals surface area contributed by atoms with Crippen LogP contribution in [0.25, 0.3) is 0 Å². The number of likely N-dealkylation sites (tertiary alicyclic amines) is 1. The number of nitrogens with zero attached hydrogens (tertiary/aromatic N) is 3. The maximum absolute atomic E-state index is 14.3. The molecule has 0 radical (unpaired) electrons. The summed E-state index contributed by atoms with van der Waals surface area (Å²) >= 11 is 0. The van der Waals surface area contributed by atoms with E-state index in [1.54, 1.807) is 44.9 Å². The van der Waals surface area contributed by atoms with Crippen LogP contribution in [0.3, 0.4) is 0 Å². The molecular formula is C42H73N5O7. The van der Waals surface area contributed by atoms with Crippen LogP contribution in [0.1, 0.15) is 107 Å². The molecule has 1 fully saturated rings. The molecule has 12 nitrogen and oxygen atoms in total. The maximum atomic E-state index is 14.3. The monoisotopic (exact) mass is 760 g/mol. The summed E-state index contributed by atoms with van der Waals surface area (Å²) in [6.45, 7) is 20.1. The van der Waals surface area contributed by atoms with E-state index in [2.05, 4.69) is 17.6 Å². The van der Waals surface area contributed by atoms with Gasteiger partial charge in [0.05, 0.1) is 54.8 Å². The van der Waals surface area contributed by atoms with Crippen molar-refractivity contribution in [3.05, 3.63) is 35.9 Å². The molecule has 54 heavy (non-hydrogen) atoms. The van der Waals surface area contributed by atoms with Crippen molar-refractivity contribution in [1.82, 2.24) is 25.3 Å². The summed E-state index contributed by atoms with van der Waals surface area (Å²) in [5.41, 5.74) is 0.711. The van der Waals surface area contributed by atoms with Crippen LogP contribution >= 0.6 is 0 Å². The summed E-state index contributed by atoms with van der Waals surface area (Å²) in [6.07, 6.45) is 0.136. The minimum Gasteiger partial charge on any atom is -0.386 e. The number of hydrogen-bond acceptors (Lipinski definition) is 8. The highest BCUT2D eigenvalue weighted by Crippen LogP contribution is 2.30. The standard InChI is InChI=1S/C42H73N5O7/c1-15-28(8)37(46(12)42(52)35(25(2)3)44-41(51)36(26(4)5)45(11)27(6)7)33(53-13)24-34(48)47-23-19-22-32(47)39(54-14)29(9)40(50)43-30(10)38(49)31-20-17-16-18-21-31/h16-18,20-21,25-30,32-33,35-39,49H,15,19,22-24H2,1-14H3,(H,43,50)(H,44,51)/t28-,29+,30+,32-,33+,35-,36-,37+,38+,39+/m0/s1. The summed E-state index contributed by atoms with van der Waals surface area (Å²) in [6, 6.07) is 6.85. The van der Waals surface area contributed by atoms with Crippen molar-refractivity contribution < 1.29 is 33.8 Å². The number of hydrogen-bond donors (Lipinski definition) is 3. The van der Waals surface area contributed by atoms with Crippen molar-refractivity contribution in [3.8, 4) is 0 Å². The van der Waals surface area contributed by atoms with Crippen LogP contribution in [0.15, 0.2) is 30.3 Å². The van der Waals surface area contributed by atoms with Gasteiger partial charge in [-0.15, -0.1) is 0 Å². The Morgan fingerprint density at radius 2 is 1.50 bits per heavy atom. The Balaban J connectivity index is 2.27. The summed E-state index contributed by atoms with van der Waals surface area (Å²) in [5, 5.41) is 16.9. The Labute approximate surface area is 326 Å². The van der Waals surface area contributed by atoms with Gasteiger partial charge in [-0.05, 0) is 64.0 Å². The van der Waals surface area contributed by atoms with Gasteiger partial charge >= 0.3 is 0 Å². The molecule has 308 valence electrons. The SMILES string of the molecule is CC[C@H](C)[C@H]([C@@H](CC(=O)N1CCC[C@H]1[C@H](OC)[C@@H](C)C(=O)N[C@H](C)[C@@H](O)c1ccccc1)OC)N(C)C(=O)[C@@H](NC(=O)[C@H](C(C)C)N(C)C(C)C)C(C)C. The number of aliphatic hydroxyl groups is 1.